The van der Waals surface area contributed by atoms with Gasteiger partial charge in [0.2, 0.25) is 0 Å². The van der Waals surface area contributed by atoms with Crippen LogP contribution in [0.2, 0.25) is 5.02 Å². The number of rotatable bonds is 7. The van der Waals surface area contributed by atoms with Crippen molar-refractivity contribution < 1.29 is 23.5 Å². The van der Waals surface area contributed by atoms with E-state index in [1.165, 1.54) is 25.1 Å². The molecule has 0 bridgehead atoms. The largest absolute Gasteiger partial charge is 0.451 e. The summed E-state index contributed by atoms with van der Waals surface area (Å²) in [6.45, 7) is 4.81. The molecule has 2 aromatic rings. The molecule has 154 valence electrons. The summed E-state index contributed by atoms with van der Waals surface area (Å²) in [6.07, 6.45) is -1.12. The lowest BCUT2D eigenvalue weighted by atomic mass is 10.0. The molecular weight excluding hydrogens is 399 g/mol. The molecule has 0 saturated carbocycles. The van der Waals surface area contributed by atoms with Gasteiger partial charge in [-0.25, -0.2) is 9.18 Å². The molecule has 0 heterocycles. The van der Waals surface area contributed by atoms with Gasteiger partial charge in [-0.2, -0.15) is 0 Å². The summed E-state index contributed by atoms with van der Waals surface area (Å²) >= 11 is 5.88. The maximum atomic E-state index is 13.8. The van der Waals surface area contributed by atoms with Crippen LogP contribution in [0.1, 0.15) is 31.1 Å². The zero-order valence-electron chi connectivity index (χ0n) is 16.2. The summed E-state index contributed by atoms with van der Waals surface area (Å²) in [5.74, 6) is -3.13. The maximum absolute atomic E-state index is 13.8. The summed E-state index contributed by atoms with van der Waals surface area (Å²) in [4.78, 5) is 37.1. The molecule has 6 nitrogen and oxygen atoms in total. The van der Waals surface area contributed by atoms with Gasteiger partial charge in [0.15, 0.2) is 6.10 Å². The van der Waals surface area contributed by atoms with E-state index in [-0.39, 0.29) is 11.5 Å². The minimum absolute atomic E-state index is 0.183. The van der Waals surface area contributed by atoms with Crippen molar-refractivity contribution in [3.05, 3.63) is 64.9 Å². The SMILES string of the molecule is CC(C)[C@H](NC(=O)c1ccccc1F)C(=O)O[C@@H](C)C(=O)Nc1cccc(Cl)c1. The summed E-state index contributed by atoms with van der Waals surface area (Å²) in [5.41, 5.74) is 0.274. The number of halogens is 2. The number of ether oxygens (including phenoxy) is 1. The number of nitrogens with one attached hydrogen (secondary N) is 2. The first-order valence-electron chi connectivity index (χ1n) is 9.01. The van der Waals surface area contributed by atoms with Crippen molar-refractivity contribution in [2.24, 2.45) is 5.92 Å². The van der Waals surface area contributed by atoms with Gasteiger partial charge in [0.05, 0.1) is 5.56 Å². The fraction of sp³-hybridized carbons (Fsp3) is 0.286. The number of hydrogen-bond donors (Lipinski definition) is 2. The van der Waals surface area contributed by atoms with E-state index in [2.05, 4.69) is 10.6 Å². The van der Waals surface area contributed by atoms with Crippen LogP contribution >= 0.6 is 11.6 Å². The van der Waals surface area contributed by atoms with Gasteiger partial charge in [-0.1, -0.05) is 43.6 Å². The first kappa shape index (κ1) is 22.4. The van der Waals surface area contributed by atoms with Crippen molar-refractivity contribution in [2.75, 3.05) is 5.32 Å². The van der Waals surface area contributed by atoms with Crippen molar-refractivity contribution in [1.82, 2.24) is 5.32 Å². The third-order valence-electron chi connectivity index (χ3n) is 4.08. The topological polar surface area (TPSA) is 84.5 Å². The van der Waals surface area contributed by atoms with Gasteiger partial charge in [0.25, 0.3) is 11.8 Å². The molecule has 0 saturated heterocycles. The Balaban J connectivity index is 2.02. The molecule has 0 spiro atoms. The Morgan fingerprint density at radius 1 is 1.03 bits per heavy atom. The predicted molar refractivity (Wildman–Crippen MR) is 108 cm³/mol. The molecule has 0 unspecified atom stereocenters. The normalized spacial score (nSPS) is 12.8. The van der Waals surface area contributed by atoms with E-state index >= 15 is 0 Å². The summed E-state index contributed by atoms with van der Waals surface area (Å²) in [6, 6.07) is 10.9. The molecule has 0 aliphatic carbocycles. The first-order chi connectivity index (χ1) is 13.7. The summed E-state index contributed by atoms with van der Waals surface area (Å²) in [7, 11) is 0. The van der Waals surface area contributed by atoms with Crippen LogP contribution in [0, 0.1) is 11.7 Å². The quantitative estimate of drug-likeness (QED) is 0.667. The zero-order valence-corrected chi connectivity index (χ0v) is 17.0. The third-order valence-corrected chi connectivity index (χ3v) is 4.32. The molecule has 2 amide bonds. The van der Waals surface area contributed by atoms with Crippen molar-refractivity contribution in [3.63, 3.8) is 0 Å². The van der Waals surface area contributed by atoms with Crippen LogP contribution in [0.4, 0.5) is 10.1 Å². The molecule has 0 aliphatic rings. The number of benzene rings is 2. The van der Waals surface area contributed by atoms with Crippen LogP contribution in [0.25, 0.3) is 0 Å². The van der Waals surface area contributed by atoms with Crippen LogP contribution in [-0.2, 0) is 14.3 Å². The average molecular weight is 421 g/mol. The van der Waals surface area contributed by atoms with E-state index in [9.17, 15) is 18.8 Å². The standard InChI is InChI=1S/C21H22ClFN2O4/c1-12(2)18(25-20(27)16-9-4-5-10-17(16)23)21(28)29-13(3)19(26)24-15-8-6-7-14(22)11-15/h4-13,18H,1-3H3,(H,24,26)(H,25,27)/t13-,18-/m0/s1. The Morgan fingerprint density at radius 2 is 1.72 bits per heavy atom. The van der Waals surface area contributed by atoms with Crippen LogP contribution < -0.4 is 10.6 Å². The lowest BCUT2D eigenvalue weighted by Crippen LogP contribution is -2.47. The number of carbonyl (C=O) groups is 3. The van der Waals surface area contributed by atoms with Crippen molar-refractivity contribution >= 4 is 35.1 Å². The minimum atomic E-state index is -1.12. The monoisotopic (exact) mass is 420 g/mol. The van der Waals surface area contributed by atoms with Crippen LogP contribution in [-0.4, -0.2) is 29.9 Å². The summed E-state index contributed by atoms with van der Waals surface area (Å²) < 4.78 is 19.0. The van der Waals surface area contributed by atoms with Gasteiger partial charge in [0.1, 0.15) is 11.9 Å². The van der Waals surface area contributed by atoms with E-state index in [4.69, 9.17) is 16.3 Å². The zero-order chi connectivity index (χ0) is 21.6. The van der Waals surface area contributed by atoms with Gasteiger partial charge in [-0.3, -0.25) is 9.59 Å². The fourth-order valence-electron chi connectivity index (χ4n) is 2.47. The van der Waals surface area contributed by atoms with Crippen LogP contribution in [0.5, 0.6) is 0 Å². The Bertz CT molecular complexity index is 904. The number of anilines is 1. The lowest BCUT2D eigenvalue weighted by Gasteiger charge is -2.23. The highest BCUT2D eigenvalue weighted by Crippen LogP contribution is 2.16. The predicted octanol–water partition coefficient (Wildman–Crippen LogP) is 3.80. The molecule has 0 aliphatic heterocycles. The number of amides is 2. The second kappa shape index (κ2) is 10.0. The van der Waals surface area contributed by atoms with Crippen LogP contribution in [0.15, 0.2) is 48.5 Å². The van der Waals surface area contributed by atoms with Gasteiger partial charge < -0.3 is 15.4 Å². The molecule has 2 rings (SSSR count). The fourth-order valence-corrected chi connectivity index (χ4v) is 2.66. The van der Waals surface area contributed by atoms with Gasteiger partial charge in [-0.15, -0.1) is 0 Å². The highest BCUT2D eigenvalue weighted by atomic mass is 35.5. The highest BCUT2D eigenvalue weighted by Gasteiger charge is 2.29. The third kappa shape index (κ3) is 6.29. The number of carbonyl (C=O) groups excluding carboxylic acids is 3. The second-order valence-electron chi connectivity index (χ2n) is 6.75. The van der Waals surface area contributed by atoms with Gasteiger partial charge in [-0.05, 0) is 43.2 Å². The smallest absolute Gasteiger partial charge is 0.329 e. The first-order valence-corrected chi connectivity index (χ1v) is 9.39. The lowest BCUT2D eigenvalue weighted by molar-refractivity contribution is -0.156. The van der Waals surface area contributed by atoms with E-state index in [0.717, 1.165) is 6.07 Å². The molecule has 0 fully saturated rings. The summed E-state index contributed by atoms with van der Waals surface area (Å²) in [5, 5.41) is 5.51. The second-order valence-corrected chi connectivity index (χ2v) is 7.19. The van der Waals surface area contributed by atoms with E-state index in [1.807, 2.05) is 0 Å². The van der Waals surface area contributed by atoms with Crippen molar-refractivity contribution in [2.45, 2.75) is 32.9 Å². The molecular formula is C21H22ClFN2O4. The van der Waals surface area contributed by atoms with Crippen molar-refractivity contribution in [1.29, 1.82) is 0 Å². The molecule has 2 atom stereocenters. The Kier molecular flexibility index (Phi) is 7.73. The van der Waals surface area contributed by atoms with E-state index in [0.29, 0.717) is 10.7 Å². The number of esters is 1. The van der Waals surface area contributed by atoms with Gasteiger partial charge >= 0.3 is 5.97 Å². The molecule has 0 aromatic heterocycles. The molecule has 2 aromatic carbocycles. The highest BCUT2D eigenvalue weighted by molar-refractivity contribution is 6.30. The Hall–Kier alpha value is -2.93. The maximum Gasteiger partial charge on any atom is 0.329 e. The molecule has 8 heteroatoms. The Morgan fingerprint density at radius 3 is 2.34 bits per heavy atom. The van der Waals surface area contributed by atoms with Crippen LogP contribution in [0.3, 0.4) is 0 Å². The minimum Gasteiger partial charge on any atom is -0.451 e. The average Bonchev–Trinajstić information content (AvgIpc) is 2.65. The molecule has 29 heavy (non-hydrogen) atoms. The molecule has 0 radical (unpaired) electrons. The van der Waals surface area contributed by atoms with Gasteiger partial charge in [0, 0.05) is 10.7 Å². The number of hydrogen-bond acceptors (Lipinski definition) is 4. The Labute approximate surface area is 173 Å². The van der Waals surface area contributed by atoms with E-state index in [1.54, 1.807) is 38.1 Å². The van der Waals surface area contributed by atoms with E-state index < -0.39 is 35.7 Å². The van der Waals surface area contributed by atoms with Crippen molar-refractivity contribution in [3.8, 4) is 0 Å². The molecule has 2 N–H and O–H groups in total.